The first-order chi connectivity index (χ1) is 10.2. The number of rotatable bonds is 7. The van der Waals surface area contributed by atoms with Crippen molar-refractivity contribution in [1.82, 2.24) is 10.3 Å². The van der Waals surface area contributed by atoms with Crippen LogP contribution in [-0.4, -0.2) is 18.6 Å². The number of aromatic nitrogens is 1. The molecule has 0 spiro atoms. The van der Waals surface area contributed by atoms with Crippen LogP contribution in [0.2, 0.25) is 0 Å². The highest BCUT2D eigenvalue weighted by molar-refractivity contribution is 5.43. The predicted molar refractivity (Wildman–Crippen MR) is 83.7 cm³/mol. The van der Waals surface area contributed by atoms with Crippen molar-refractivity contribution in [2.24, 2.45) is 0 Å². The van der Waals surface area contributed by atoms with Crippen LogP contribution >= 0.6 is 0 Å². The summed E-state index contributed by atoms with van der Waals surface area (Å²) in [5.74, 6) is 1.49. The molecule has 0 radical (unpaired) electrons. The van der Waals surface area contributed by atoms with E-state index in [1.807, 2.05) is 43.3 Å². The molecule has 0 unspecified atom stereocenters. The van der Waals surface area contributed by atoms with Gasteiger partial charge in [-0.1, -0.05) is 19.1 Å². The lowest BCUT2D eigenvalue weighted by Gasteiger charge is -2.12. The van der Waals surface area contributed by atoms with E-state index in [9.17, 15) is 0 Å². The minimum atomic E-state index is 0.435. The van der Waals surface area contributed by atoms with Gasteiger partial charge in [-0.25, -0.2) is 0 Å². The third-order valence-electron chi connectivity index (χ3n) is 3.13. The summed E-state index contributed by atoms with van der Waals surface area (Å²) in [7, 11) is 1.66. The largest absolute Gasteiger partial charge is 0.493 e. The normalized spacial score (nSPS) is 10.4. The molecular weight excluding hydrogens is 264 g/mol. The van der Waals surface area contributed by atoms with Gasteiger partial charge in [0.15, 0.2) is 11.5 Å². The Morgan fingerprint density at radius 2 is 2.00 bits per heavy atom. The molecule has 112 valence electrons. The minimum Gasteiger partial charge on any atom is -0.493 e. The van der Waals surface area contributed by atoms with E-state index in [-0.39, 0.29) is 0 Å². The second kappa shape index (κ2) is 7.64. The summed E-state index contributed by atoms with van der Waals surface area (Å²) in [5, 5.41) is 3.29. The molecule has 0 bridgehead atoms. The number of methoxy groups -OCH3 is 1. The van der Waals surface area contributed by atoms with E-state index >= 15 is 0 Å². The fraction of sp³-hybridized carbons (Fsp3) is 0.353. The maximum Gasteiger partial charge on any atom is 0.161 e. The number of nitrogens with one attached hydrogen (secondary N) is 1. The summed E-state index contributed by atoms with van der Waals surface area (Å²) in [6.45, 7) is 6.26. The van der Waals surface area contributed by atoms with Crippen molar-refractivity contribution >= 4 is 0 Å². The van der Waals surface area contributed by atoms with Gasteiger partial charge >= 0.3 is 0 Å². The Balaban J connectivity index is 2.05. The molecule has 21 heavy (non-hydrogen) atoms. The molecule has 0 aliphatic rings. The van der Waals surface area contributed by atoms with E-state index in [1.165, 1.54) is 5.56 Å². The molecule has 1 aromatic heterocycles. The second-order valence-electron chi connectivity index (χ2n) is 4.82. The molecule has 1 N–H and O–H groups in total. The third-order valence-corrected chi connectivity index (χ3v) is 3.13. The van der Waals surface area contributed by atoms with Crippen molar-refractivity contribution in [2.45, 2.75) is 27.0 Å². The molecule has 0 fully saturated rings. The zero-order chi connectivity index (χ0) is 15.1. The number of pyridine rings is 1. The van der Waals surface area contributed by atoms with Crippen LogP contribution in [0.5, 0.6) is 11.5 Å². The number of nitrogens with zero attached hydrogens (tertiary/aromatic N) is 1. The van der Waals surface area contributed by atoms with E-state index < -0.39 is 0 Å². The summed E-state index contributed by atoms with van der Waals surface area (Å²) >= 11 is 0. The number of ether oxygens (including phenoxy) is 2. The van der Waals surface area contributed by atoms with Crippen molar-refractivity contribution in [3.05, 3.63) is 53.3 Å². The molecule has 0 aliphatic carbocycles. The van der Waals surface area contributed by atoms with Crippen LogP contribution in [0.1, 0.15) is 23.9 Å². The van der Waals surface area contributed by atoms with Crippen molar-refractivity contribution < 1.29 is 9.47 Å². The predicted octanol–water partition coefficient (Wildman–Crippen LogP) is 3.09. The molecule has 0 saturated heterocycles. The van der Waals surface area contributed by atoms with Crippen LogP contribution in [0.3, 0.4) is 0 Å². The molecule has 4 heteroatoms. The molecule has 1 aromatic carbocycles. The summed E-state index contributed by atoms with van der Waals surface area (Å²) in [4.78, 5) is 4.43. The van der Waals surface area contributed by atoms with Crippen molar-refractivity contribution in [3.8, 4) is 11.5 Å². The molecule has 0 amide bonds. The van der Waals surface area contributed by atoms with Crippen LogP contribution in [0.15, 0.2) is 36.4 Å². The molecule has 2 rings (SSSR count). The standard InChI is InChI=1S/C17H22N2O2/c1-4-18-11-14-8-9-16(17(10-14)20-3)21-12-15-7-5-6-13(2)19-15/h5-10,18H,4,11-12H2,1-3H3. The van der Waals surface area contributed by atoms with E-state index in [4.69, 9.17) is 9.47 Å². The lowest BCUT2D eigenvalue weighted by molar-refractivity contribution is 0.280. The molecule has 1 heterocycles. The van der Waals surface area contributed by atoms with Crippen LogP contribution < -0.4 is 14.8 Å². The fourth-order valence-corrected chi connectivity index (χ4v) is 2.04. The topological polar surface area (TPSA) is 43.4 Å². The third kappa shape index (κ3) is 4.46. The van der Waals surface area contributed by atoms with E-state index in [2.05, 4.69) is 17.2 Å². The quantitative estimate of drug-likeness (QED) is 0.849. The Hall–Kier alpha value is -2.07. The Labute approximate surface area is 126 Å². The summed E-state index contributed by atoms with van der Waals surface area (Å²) in [5.41, 5.74) is 3.08. The zero-order valence-electron chi connectivity index (χ0n) is 12.8. The summed E-state index contributed by atoms with van der Waals surface area (Å²) in [6.07, 6.45) is 0. The number of benzene rings is 1. The first-order valence-electron chi connectivity index (χ1n) is 7.16. The first kappa shape index (κ1) is 15.3. The van der Waals surface area contributed by atoms with E-state index in [0.717, 1.165) is 36.0 Å². The summed E-state index contributed by atoms with van der Waals surface area (Å²) in [6, 6.07) is 11.9. The van der Waals surface area contributed by atoms with Crippen LogP contribution in [-0.2, 0) is 13.2 Å². The highest BCUT2D eigenvalue weighted by atomic mass is 16.5. The average molecular weight is 286 g/mol. The number of hydrogen-bond donors (Lipinski definition) is 1. The lowest BCUT2D eigenvalue weighted by atomic mass is 10.2. The van der Waals surface area contributed by atoms with E-state index in [0.29, 0.717) is 6.61 Å². The van der Waals surface area contributed by atoms with E-state index in [1.54, 1.807) is 7.11 Å². The second-order valence-corrected chi connectivity index (χ2v) is 4.82. The Kier molecular flexibility index (Phi) is 5.58. The molecule has 0 aliphatic heterocycles. The monoisotopic (exact) mass is 286 g/mol. The maximum absolute atomic E-state index is 5.82. The van der Waals surface area contributed by atoms with Gasteiger partial charge in [-0.15, -0.1) is 0 Å². The molecular formula is C17H22N2O2. The smallest absolute Gasteiger partial charge is 0.161 e. The Bertz CT molecular complexity index is 585. The van der Waals surface area contributed by atoms with Gasteiger partial charge in [0.05, 0.1) is 12.8 Å². The zero-order valence-corrected chi connectivity index (χ0v) is 12.8. The lowest BCUT2D eigenvalue weighted by Crippen LogP contribution is -2.11. The van der Waals surface area contributed by atoms with Gasteiger partial charge in [-0.3, -0.25) is 4.98 Å². The number of aryl methyl sites for hydroxylation is 1. The van der Waals surface area contributed by atoms with Gasteiger partial charge in [0.2, 0.25) is 0 Å². The fourth-order valence-electron chi connectivity index (χ4n) is 2.04. The molecule has 0 saturated carbocycles. The average Bonchev–Trinajstić information content (AvgIpc) is 2.51. The Morgan fingerprint density at radius 1 is 1.14 bits per heavy atom. The van der Waals surface area contributed by atoms with Crippen LogP contribution in [0.25, 0.3) is 0 Å². The summed E-state index contributed by atoms with van der Waals surface area (Å²) < 4.78 is 11.2. The highest BCUT2D eigenvalue weighted by Gasteiger charge is 2.06. The molecule has 2 aromatic rings. The van der Waals surface area contributed by atoms with Crippen LogP contribution in [0.4, 0.5) is 0 Å². The molecule has 0 atom stereocenters. The first-order valence-corrected chi connectivity index (χ1v) is 7.16. The van der Waals surface area contributed by atoms with Gasteiger partial charge < -0.3 is 14.8 Å². The highest BCUT2D eigenvalue weighted by Crippen LogP contribution is 2.28. The number of hydrogen-bond acceptors (Lipinski definition) is 4. The van der Waals surface area contributed by atoms with Gasteiger partial charge in [0.1, 0.15) is 6.61 Å². The maximum atomic E-state index is 5.82. The van der Waals surface area contributed by atoms with Gasteiger partial charge in [0.25, 0.3) is 0 Å². The van der Waals surface area contributed by atoms with Crippen LogP contribution in [0, 0.1) is 6.92 Å². The van der Waals surface area contributed by atoms with Crippen molar-refractivity contribution in [3.63, 3.8) is 0 Å². The minimum absolute atomic E-state index is 0.435. The van der Waals surface area contributed by atoms with Gasteiger partial charge in [0, 0.05) is 12.2 Å². The van der Waals surface area contributed by atoms with Crippen molar-refractivity contribution in [1.29, 1.82) is 0 Å². The Morgan fingerprint density at radius 3 is 2.71 bits per heavy atom. The van der Waals surface area contributed by atoms with Gasteiger partial charge in [-0.05, 0) is 43.3 Å². The SMILES string of the molecule is CCNCc1ccc(OCc2cccc(C)n2)c(OC)c1. The molecule has 4 nitrogen and oxygen atoms in total. The van der Waals surface area contributed by atoms with Gasteiger partial charge in [-0.2, -0.15) is 0 Å². The van der Waals surface area contributed by atoms with Crippen molar-refractivity contribution in [2.75, 3.05) is 13.7 Å².